The third kappa shape index (κ3) is 3.37. The van der Waals surface area contributed by atoms with E-state index in [0.29, 0.717) is 23.3 Å². The van der Waals surface area contributed by atoms with Gasteiger partial charge < -0.3 is 4.90 Å². The van der Waals surface area contributed by atoms with Gasteiger partial charge in [-0.05, 0) is 36.2 Å². The molecule has 0 radical (unpaired) electrons. The number of rotatable bonds is 2. The van der Waals surface area contributed by atoms with Crippen LogP contribution in [0.25, 0.3) is 0 Å². The Hall–Kier alpha value is -1.66. The van der Waals surface area contributed by atoms with Crippen LogP contribution in [0, 0.1) is 5.92 Å². The molecule has 2 fully saturated rings. The molecule has 3 unspecified atom stereocenters. The van der Waals surface area contributed by atoms with Crippen LogP contribution in [0.3, 0.4) is 0 Å². The maximum Gasteiger partial charge on any atom is 0.254 e. The molecule has 2 aliphatic rings. The van der Waals surface area contributed by atoms with Crippen molar-refractivity contribution in [3.8, 4) is 0 Å². The number of piperidine rings is 1. The number of pyridine rings is 1. The van der Waals surface area contributed by atoms with Crippen molar-refractivity contribution in [2.45, 2.75) is 18.5 Å². The van der Waals surface area contributed by atoms with Gasteiger partial charge >= 0.3 is 0 Å². The minimum atomic E-state index is -0.000468. The molecule has 3 heterocycles. The van der Waals surface area contributed by atoms with E-state index in [4.69, 9.17) is 23.2 Å². The molecule has 25 heavy (non-hydrogen) atoms. The summed E-state index contributed by atoms with van der Waals surface area (Å²) >= 11 is 12.1. The molecule has 0 bridgehead atoms. The zero-order chi connectivity index (χ0) is 17.4. The molecule has 1 aromatic carbocycles. The van der Waals surface area contributed by atoms with Crippen molar-refractivity contribution in [2.24, 2.45) is 5.92 Å². The number of carbonyl (C=O) groups is 1. The first-order valence-corrected chi connectivity index (χ1v) is 9.05. The third-order valence-electron chi connectivity index (χ3n) is 4.98. The first-order valence-electron chi connectivity index (χ1n) is 8.29. The van der Waals surface area contributed by atoms with Crippen LogP contribution >= 0.6 is 23.2 Å². The Kier molecular flexibility index (Phi) is 4.65. The van der Waals surface area contributed by atoms with Crippen LogP contribution in [0.15, 0.2) is 42.6 Å². The van der Waals surface area contributed by atoms with Gasteiger partial charge in [0.05, 0.1) is 6.04 Å². The minimum Gasteiger partial charge on any atom is -0.338 e. The Bertz CT molecular complexity index is 800. The molecule has 1 amide bonds. The largest absolute Gasteiger partial charge is 0.338 e. The molecule has 4 rings (SSSR count). The molecule has 3 atom stereocenters. The fourth-order valence-electron chi connectivity index (χ4n) is 3.74. The summed E-state index contributed by atoms with van der Waals surface area (Å²) in [6.45, 7) is 1.40. The van der Waals surface area contributed by atoms with Gasteiger partial charge in [0.1, 0.15) is 5.15 Å². The standard InChI is InChI=1S/C18H18Cl2N4O/c19-13-3-1-2-11(8-13)17-14-10-24(7-5-15(14)22-23-17)18(25)12-4-6-21-16(20)9-12/h1-4,6,8-9,14-15,17,22-23H,5,7,10H2. The molecular weight excluding hydrogens is 359 g/mol. The number of fused-ring (bicyclic) bond motifs is 1. The Balaban J connectivity index is 1.54. The summed E-state index contributed by atoms with van der Waals surface area (Å²) in [5.74, 6) is 0.285. The summed E-state index contributed by atoms with van der Waals surface area (Å²) in [7, 11) is 0. The number of nitrogens with one attached hydrogen (secondary N) is 2. The summed E-state index contributed by atoms with van der Waals surface area (Å²) in [5.41, 5.74) is 8.46. The first kappa shape index (κ1) is 16.8. The van der Waals surface area contributed by atoms with Crippen LogP contribution < -0.4 is 10.9 Å². The molecule has 2 saturated heterocycles. The predicted molar refractivity (Wildman–Crippen MR) is 97.5 cm³/mol. The lowest BCUT2D eigenvalue weighted by atomic mass is 9.85. The SMILES string of the molecule is O=C(c1ccnc(Cl)c1)N1CCC2NNC(c3cccc(Cl)c3)C2C1. The van der Waals surface area contributed by atoms with Gasteiger partial charge in [0.25, 0.3) is 5.91 Å². The number of hydrogen-bond donors (Lipinski definition) is 2. The minimum absolute atomic E-state index is 0.000468. The van der Waals surface area contributed by atoms with Crippen molar-refractivity contribution in [1.29, 1.82) is 0 Å². The summed E-state index contributed by atoms with van der Waals surface area (Å²) in [4.78, 5) is 18.7. The van der Waals surface area contributed by atoms with Crippen molar-refractivity contribution in [3.05, 3.63) is 63.9 Å². The van der Waals surface area contributed by atoms with Crippen molar-refractivity contribution in [1.82, 2.24) is 20.7 Å². The second kappa shape index (κ2) is 6.92. The summed E-state index contributed by atoms with van der Waals surface area (Å²) in [5, 5.41) is 1.06. The molecule has 0 saturated carbocycles. The number of carbonyl (C=O) groups excluding carboxylic acids is 1. The van der Waals surface area contributed by atoms with Crippen LogP contribution in [-0.4, -0.2) is 34.9 Å². The van der Waals surface area contributed by atoms with E-state index in [1.165, 1.54) is 0 Å². The second-order valence-corrected chi connectivity index (χ2v) is 7.32. The smallest absolute Gasteiger partial charge is 0.254 e. The number of benzene rings is 1. The monoisotopic (exact) mass is 376 g/mol. The van der Waals surface area contributed by atoms with Gasteiger partial charge in [0.2, 0.25) is 0 Å². The normalized spacial score (nSPS) is 25.7. The molecule has 1 aromatic heterocycles. The number of amides is 1. The van der Waals surface area contributed by atoms with Crippen molar-refractivity contribution >= 4 is 29.1 Å². The number of nitrogens with zero attached hydrogens (tertiary/aromatic N) is 2. The van der Waals surface area contributed by atoms with Gasteiger partial charge in [-0.15, -0.1) is 0 Å². The average molecular weight is 377 g/mol. The van der Waals surface area contributed by atoms with E-state index in [0.717, 1.165) is 23.6 Å². The number of hydrazine groups is 1. The summed E-state index contributed by atoms with van der Waals surface area (Å²) in [6, 6.07) is 11.7. The van der Waals surface area contributed by atoms with Gasteiger partial charge in [-0.3, -0.25) is 10.2 Å². The predicted octanol–water partition coefficient (Wildman–Crippen LogP) is 3.07. The van der Waals surface area contributed by atoms with Gasteiger partial charge in [0.15, 0.2) is 0 Å². The Morgan fingerprint density at radius 3 is 2.88 bits per heavy atom. The van der Waals surface area contributed by atoms with Crippen molar-refractivity contribution in [3.63, 3.8) is 0 Å². The Morgan fingerprint density at radius 2 is 2.08 bits per heavy atom. The summed E-state index contributed by atoms with van der Waals surface area (Å²) in [6.07, 6.45) is 2.47. The molecule has 2 N–H and O–H groups in total. The molecule has 0 spiro atoms. The number of aromatic nitrogens is 1. The molecule has 0 aliphatic carbocycles. The molecular formula is C18H18Cl2N4O. The van der Waals surface area contributed by atoms with Gasteiger partial charge in [0, 0.05) is 41.8 Å². The van der Waals surface area contributed by atoms with Crippen LogP contribution in [0.4, 0.5) is 0 Å². The van der Waals surface area contributed by atoms with Gasteiger partial charge in [-0.2, -0.15) is 0 Å². The van der Waals surface area contributed by atoms with E-state index < -0.39 is 0 Å². The third-order valence-corrected chi connectivity index (χ3v) is 5.42. The highest BCUT2D eigenvalue weighted by Gasteiger charge is 2.41. The fraction of sp³-hybridized carbons (Fsp3) is 0.333. The number of halogens is 2. The zero-order valence-corrected chi connectivity index (χ0v) is 15.0. The maximum absolute atomic E-state index is 12.8. The van der Waals surface area contributed by atoms with Crippen LogP contribution in [-0.2, 0) is 0 Å². The van der Waals surface area contributed by atoms with E-state index in [9.17, 15) is 4.79 Å². The highest BCUT2D eigenvalue weighted by atomic mass is 35.5. The molecule has 2 aromatic rings. The maximum atomic E-state index is 12.8. The van der Waals surface area contributed by atoms with Crippen LogP contribution in [0.2, 0.25) is 10.2 Å². The fourth-order valence-corrected chi connectivity index (χ4v) is 4.11. The lowest BCUT2D eigenvalue weighted by Gasteiger charge is -2.36. The molecule has 130 valence electrons. The highest BCUT2D eigenvalue weighted by Crippen LogP contribution is 2.34. The van der Waals surface area contributed by atoms with E-state index in [2.05, 4.69) is 21.9 Å². The molecule has 2 aliphatic heterocycles. The first-order chi connectivity index (χ1) is 12.1. The van der Waals surface area contributed by atoms with E-state index in [-0.39, 0.29) is 17.9 Å². The second-order valence-electron chi connectivity index (χ2n) is 6.50. The van der Waals surface area contributed by atoms with Gasteiger partial charge in [-0.25, -0.2) is 10.4 Å². The van der Waals surface area contributed by atoms with E-state index >= 15 is 0 Å². The molecule has 7 heteroatoms. The van der Waals surface area contributed by atoms with Crippen molar-refractivity contribution < 1.29 is 4.79 Å². The van der Waals surface area contributed by atoms with Gasteiger partial charge in [-0.1, -0.05) is 35.3 Å². The Labute approximate surface area is 156 Å². The number of likely N-dealkylation sites (tertiary alicyclic amines) is 1. The highest BCUT2D eigenvalue weighted by molar-refractivity contribution is 6.30. The lowest BCUT2D eigenvalue weighted by molar-refractivity contribution is 0.0652. The average Bonchev–Trinajstić information content (AvgIpc) is 3.04. The number of hydrogen-bond acceptors (Lipinski definition) is 4. The zero-order valence-electron chi connectivity index (χ0n) is 13.5. The topological polar surface area (TPSA) is 57.3 Å². The van der Waals surface area contributed by atoms with Crippen LogP contribution in [0.1, 0.15) is 28.4 Å². The van der Waals surface area contributed by atoms with E-state index in [1.807, 2.05) is 23.1 Å². The van der Waals surface area contributed by atoms with Crippen molar-refractivity contribution in [2.75, 3.05) is 13.1 Å². The van der Waals surface area contributed by atoms with Crippen LogP contribution in [0.5, 0.6) is 0 Å². The Morgan fingerprint density at radius 1 is 1.20 bits per heavy atom. The quantitative estimate of drug-likeness (QED) is 0.790. The molecule has 5 nitrogen and oxygen atoms in total. The lowest BCUT2D eigenvalue weighted by Crippen LogP contribution is -2.47. The summed E-state index contributed by atoms with van der Waals surface area (Å²) < 4.78 is 0. The van der Waals surface area contributed by atoms with E-state index in [1.54, 1.807) is 18.3 Å².